The summed E-state index contributed by atoms with van der Waals surface area (Å²) in [7, 11) is 1.66. The lowest BCUT2D eigenvalue weighted by Gasteiger charge is -2.21. The smallest absolute Gasteiger partial charge is 0.246 e. The maximum atomic E-state index is 12.7. The SMILES string of the molecule is COCCCN(Cc1ccncc1)C(=O)C=Cc1ccc2c(c1)OCO2. The monoisotopic (exact) mass is 354 g/mol. The minimum absolute atomic E-state index is 0.0458. The normalized spacial score (nSPS) is 12.5. The molecule has 0 aliphatic carbocycles. The van der Waals surface area contributed by atoms with Crippen LogP contribution in [0.1, 0.15) is 17.5 Å². The zero-order valence-electron chi connectivity index (χ0n) is 14.8. The topological polar surface area (TPSA) is 60.9 Å². The Kier molecular flexibility index (Phi) is 6.22. The molecule has 2 aromatic rings. The summed E-state index contributed by atoms with van der Waals surface area (Å²) in [6.07, 6.45) is 7.63. The van der Waals surface area contributed by atoms with Gasteiger partial charge in [-0.3, -0.25) is 9.78 Å². The molecule has 0 saturated carbocycles. The van der Waals surface area contributed by atoms with Gasteiger partial charge in [0.1, 0.15) is 0 Å². The standard InChI is InChI=1S/C20H22N2O4/c1-24-12-2-11-22(14-17-7-9-21-10-8-17)20(23)6-4-16-3-5-18-19(13-16)26-15-25-18/h3-10,13H,2,11-12,14-15H2,1H3. The van der Waals surface area contributed by atoms with E-state index in [1.54, 1.807) is 36.6 Å². The highest BCUT2D eigenvalue weighted by Crippen LogP contribution is 2.32. The number of rotatable bonds is 8. The zero-order chi connectivity index (χ0) is 18.2. The van der Waals surface area contributed by atoms with Crippen LogP contribution in [0.5, 0.6) is 11.5 Å². The molecule has 1 aliphatic heterocycles. The fraction of sp³-hybridized carbons (Fsp3) is 0.300. The van der Waals surface area contributed by atoms with E-state index in [4.69, 9.17) is 14.2 Å². The summed E-state index contributed by atoms with van der Waals surface area (Å²) in [6.45, 7) is 2.02. The van der Waals surface area contributed by atoms with Gasteiger partial charge in [0, 0.05) is 45.3 Å². The van der Waals surface area contributed by atoms with E-state index in [1.807, 2.05) is 30.3 Å². The second-order valence-electron chi connectivity index (χ2n) is 5.91. The largest absolute Gasteiger partial charge is 0.454 e. The Balaban J connectivity index is 1.67. The average molecular weight is 354 g/mol. The highest BCUT2D eigenvalue weighted by molar-refractivity contribution is 5.91. The van der Waals surface area contributed by atoms with Gasteiger partial charge in [0.05, 0.1) is 0 Å². The number of aromatic nitrogens is 1. The van der Waals surface area contributed by atoms with Crippen LogP contribution in [-0.4, -0.2) is 42.8 Å². The van der Waals surface area contributed by atoms with Crippen molar-refractivity contribution in [2.45, 2.75) is 13.0 Å². The number of hydrogen-bond acceptors (Lipinski definition) is 5. The summed E-state index contributed by atoms with van der Waals surface area (Å²) < 4.78 is 15.8. The Morgan fingerprint density at radius 3 is 2.85 bits per heavy atom. The zero-order valence-corrected chi connectivity index (χ0v) is 14.8. The fourth-order valence-corrected chi connectivity index (χ4v) is 2.67. The van der Waals surface area contributed by atoms with Crippen molar-refractivity contribution in [3.05, 3.63) is 59.9 Å². The second kappa shape index (κ2) is 9.01. The molecular formula is C20H22N2O4. The first kappa shape index (κ1) is 17.9. The number of benzene rings is 1. The molecule has 0 bridgehead atoms. The molecule has 1 aromatic heterocycles. The quantitative estimate of drug-likeness (QED) is 0.539. The molecule has 26 heavy (non-hydrogen) atoms. The summed E-state index contributed by atoms with van der Waals surface area (Å²) in [4.78, 5) is 18.5. The second-order valence-corrected chi connectivity index (χ2v) is 5.91. The molecular weight excluding hydrogens is 332 g/mol. The van der Waals surface area contributed by atoms with Gasteiger partial charge in [-0.25, -0.2) is 0 Å². The van der Waals surface area contributed by atoms with Gasteiger partial charge in [0.2, 0.25) is 12.7 Å². The summed E-state index contributed by atoms with van der Waals surface area (Å²) in [6, 6.07) is 9.44. The molecule has 6 nitrogen and oxygen atoms in total. The molecule has 1 aliphatic rings. The Labute approximate surface area is 153 Å². The van der Waals surface area contributed by atoms with E-state index in [-0.39, 0.29) is 12.7 Å². The highest BCUT2D eigenvalue weighted by atomic mass is 16.7. The van der Waals surface area contributed by atoms with Crippen molar-refractivity contribution in [2.24, 2.45) is 0 Å². The third-order valence-electron chi connectivity index (χ3n) is 4.03. The highest BCUT2D eigenvalue weighted by Gasteiger charge is 2.14. The number of pyridine rings is 1. The predicted molar refractivity (Wildman–Crippen MR) is 97.7 cm³/mol. The van der Waals surface area contributed by atoms with Gasteiger partial charge in [-0.2, -0.15) is 0 Å². The van der Waals surface area contributed by atoms with Crippen molar-refractivity contribution in [3.63, 3.8) is 0 Å². The van der Waals surface area contributed by atoms with Crippen LogP contribution in [0.4, 0.5) is 0 Å². The van der Waals surface area contributed by atoms with Gasteiger partial charge in [0.15, 0.2) is 11.5 Å². The van der Waals surface area contributed by atoms with Crippen molar-refractivity contribution in [3.8, 4) is 11.5 Å². The van der Waals surface area contributed by atoms with Crippen molar-refractivity contribution in [2.75, 3.05) is 27.1 Å². The van der Waals surface area contributed by atoms with E-state index in [0.717, 1.165) is 23.3 Å². The maximum absolute atomic E-state index is 12.7. The van der Waals surface area contributed by atoms with Gasteiger partial charge in [0.25, 0.3) is 0 Å². The first-order valence-corrected chi connectivity index (χ1v) is 8.51. The molecule has 0 spiro atoms. The average Bonchev–Trinajstić information content (AvgIpc) is 3.14. The minimum atomic E-state index is -0.0458. The number of carbonyl (C=O) groups is 1. The van der Waals surface area contributed by atoms with Crippen LogP contribution in [0.3, 0.4) is 0 Å². The van der Waals surface area contributed by atoms with Crippen LogP contribution in [0.2, 0.25) is 0 Å². The third kappa shape index (κ3) is 4.83. The Hall–Kier alpha value is -2.86. The van der Waals surface area contributed by atoms with E-state index in [0.29, 0.717) is 25.4 Å². The summed E-state index contributed by atoms with van der Waals surface area (Å²) in [5.41, 5.74) is 1.94. The Bertz CT molecular complexity index is 762. The number of hydrogen-bond donors (Lipinski definition) is 0. The van der Waals surface area contributed by atoms with Gasteiger partial charge in [-0.15, -0.1) is 0 Å². The lowest BCUT2D eigenvalue weighted by molar-refractivity contribution is -0.126. The third-order valence-corrected chi connectivity index (χ3v) is 4.03. The molecule has 0 unspecified atom stereocenters. The molecule has 0 atom stereocenters. The van der Waals surface area contributed by atoms with Crippen molar-refractivity contribution in [1.82, 2.24) is 9.88 Å². The van der Waals surface area contributed by atoms with Crippen molar-refractivity contribution in [1.29, 1.82) is 0 Å². The molecule has 6 heteroatoms. The molecule has 1 aromatic carbocycles. The molecule has 0 radical (unpaired) electrons. The van der Waals surface area contributed by atoms with E-state index in [9.17, 15) is 4.79 Å². The van der Waals surface area contributed by atoms with Crippen molar-refractivity contribution >= 4 is 12.0 Å². The number of nitrogens with zero attached hydrogens (tertiary/aromatic N) is 2. The fourth-order valence-electron chi connectivity index (χ4n) is 2.67. The molecule has 0 fully saturated rings. The predicted octanol–water partition coefficient (Wildman–Crippen LogP) is 2.89. The van der Waals surface area contributed by atoms with E-state index >= 15 is 0 Å². The lowest BCUT2D eigenvalue weighted by Crippen LogP contribution is -2.30. The van der Waals surface area contributed by atoms with Gasteiger partial charge < -0.3 is 19.1 Å². The number of methoxy groups -OCH3 is 1. The first-order valence-electron chi connectivity index (χ1n) is 8.51. The van der Waals surface area contributed by atoms with Gasteiger partial charge in [-0.1, -0.05) is 6.07 Å². The molecule has 0 N–H and O–H groups in total. The van der Waals surface area contributed by atoms with Crippen LogP contribution in [0, 0.1) is 0 Å². The van der Waals surface area contributed by atoms with Crippen LogP contribution < -0.4 is 9.47 Å². The van der Waals surface area contributed by atoms with E-state index in [1.165, 1.54) is 0 Å². The molecule has 3 rings (SSSR count). The van der Waals surface area contributed by atoms with Crippen LogP contribution in [-0.2, 0) is 16.1 Å². The van der Waals surface area contributed by atoms with Crippen LogP contribution >= 0.6 is 0 Å². The van der Waals surface area contributed by atoms with Crippen LogP contribution in [0.15, 0.2) is 48.8 Å². The summed E-state index contributed by atoms with van der Waals surface area (Å²) in [5.74, 6) is 1.39. The number of carbonyl (C=O) groups excluding carboxylic acids is 1. The summed E-state index contributed by atoms with van der Waals surface area (Å²) >= 11 is 0. The lowest BCUT2D eigenvalue weighted by atomic mass is 10.2. The molecule has 1 amide bonds. The maximum Gasteiger partial charge on any atom is 0.246 e. The summed E-state index contributed by atoms with van der Waals surface area (Å²) in [5, 5.41) is 0. The molecule has 2 heterocycles. The molecule has 136 valence electrons. The van der Waals surface area contributed by atoms with Gasteiger partial charge in [-0.05, 0) is 47.9 Å². The van der Waals surface area contributed by atoms with Crippen molar-refractivity contribution < 1.29 is 19.0 Å². The van der Waals surface area contributed by atoms with E-state index in [2.05, 4.69) is 4.98 Å². The number of amides is 1. The molecule has 0 saturated heterocycles. The van der Waals surface area contributed by atoms with Gasteiger partial charge >= 0.3 is 0 Å². The Morgan fingerprint density at radius 1 is 1.23 bits per heavy atom. The first-order chi connectivity index (χ1) is 12.8. The van der Waals surface area contributed by atoms with E-state index < -0.39 is 0 Å². The minimum Gasteiger partial charge on any atom is -0.454 e. The number of fused-ring (bicyclic) bond motifs is 1. The Morgan fingerprint density at radius 2 is 2.04 bits per heavy atom. The number of ether oxygens (including phenoxy) is 3. The van der Waals surface area contributed by atoms with Crippen LogP contribution in [0.25, 0.3) is 6.08 Å².